The van der Waals surface area contributed by atoms with Crippen LogP contribution in [0.25, 0.3) is 33.7 Å². The first-order chi connectivity index (χ1) is 13.1. The number of benzene rings is 2. The number of rotatable bonds is 2. The Kier molecular flexibility index (Phi) is 3.47. The van der Waals surface area contributed by atoms with Crippen molar-refractivity contribution in [1.82, 2.24) is 19.7 Å². The fourth-order valence-electron chi connectivity index (χ4n) is 3.46. The second-order valence-corrected chi connectivity index (χ2v) is 6.96. The van der Waals surface area contributed by atoms with E-state index in [9.17, 15) is 0 Å². The van der Waals surface area contributed by atoms with Crippen molar-refractivity contribution in [2.24, 2.45) is 7.05 Å². The molecule has 0 fully saturated rings. The van der Waals surface area contributed by atoms with E-state index in [1.54, 1.807) is 0 Å². The maximum Gasteiger partial charge on any atom is 0.162 e. The molecule has 1 aliphatic rings. The van der Waals surface area contributed by atoms with E-state index in [2.05, 4.69) is 36.1 Å². The lowest BCUT2D eigenvalue weighted by atomic mass is 10.1. The van der Waals surface area contributed by atoms with Gasteiger partial charge in [-0.15, -0.1) is 0 Å². The standard InChI is InChI=1S/C21H20N4O2/c1-12-8-16-17(9-13(12)2)23-21(22-16)15-11-25(3)24-20(15)14-4-5-18-19(10-14)27-7-6-26-18/h4-5,8-11H,6-7H2,1-3H3,(H,22,23). The van der Waals surface area contributed by atoms with E-state index >= 15 is 0 Å². The molecule has 2 aromatic carbocycles. The quantitative estimate of drug-likeness (QED) is 0.586. The van der Waals surface area contributed by atoms with Crippen LogP contribution in [0.1, 0.15) is 11.1 Å². The molecule has 0 aliphatic carbocycles. The van der Waals surface area contributed by atoms with Crippen LogP contribution in [0.2, 0.25) is 0 Å². The van der Waals surface area contributed by atoms with Gasteiger partial charge in [-0.2, -0.15) is 5.10 Å². The Hall–Kier alpha value is -3.28. The molecule has 1 aliphatic heterocycles. The van der Waals surface area contributed by atoms with E-state index in [4.69, 9.17) is 14.5 Å². The van der Waals surface area contributed by atoms with Crippen molar-refractivity contribution in [3.8, 4) is 34.1 Å². The zero-order chi connectivity index (χ0) is 18.5. The maximum absolute atomic E-state index is 5.73. The number of aromatic nitrogens is 4. The summed E-state index contributed by atoms with van der Waals surface area (Å²) in [6, 6.07) is 10.2. The van der Waals surface area contributed by atoms with Gasteiger partial charge in [0.05, 0.1) is 16.6 Å². The minimum Gasteiger partial charge on any atom is -0.486 e. The Balaban J connectivity index is 1.65. The highest BCUT2D eigenvalue weighted by Gasteiger charge is 2.19. The van der Waals surface area contributed by atoms with Gasteiger partial charge in [0, 0.05) is 18.8 Å². The van der Waals surface area contributed by atoms with Gasteiger partial charge in [-0.05, 0) is 55.3 Å². The summed E-state index contributed by atoms with van der Waals surface area (Å²) in [4.78, 5) is 8.25. The van der Waals surface area contributed by atoms with Crippen LogP contribution < -0.4 is 9.47 Å². The molecule has 0 amide bonds. The summed E-state index contributed by atoms with van der Waals surface area (Å²) in [5, 5.41) is 4.67. The highest BCUT2D eigenvalue weighted by molar-refractivity contribution is 5.85. The van der Waals surface area contributed by atoms with Crippen LogP contribution in [0.3, 0.4) is 0 Å². The van der Waals surface area contributed by atoms with Crippen LogP contribution in [0, 0.1) is 13.8 Å². The molecule has 0 radical (unpaired) electrons. The number of fused-ring (bicyclic) bond motifs is 2. The number of hydrogen-bond donors (Lipinski definition) is 1. The molecule has 0 saturated carbocycles. The molecule has 6 heteroatoms. The van der Waals surface area contributed by atoms with Crippen molar-refractivity contribution >= 4 is 11.0 Å². The third-order valence-corrected chi connectivity index (χ3v) is 5.00. The third-order valence-electron chi connectivity index (χ3n) is 5.00. The van der Waals surface area contributed by atoms with E-state index in [-0.39, 0.29) is 0 Å². The molecule has 5 rings (SSSR count). The summed E-state index contributed by atoms with van der Waals surface area (Å²) in [5.41, 5.74) is 7.27. The molecular formula is C21H20N4O2. The van der Waals surface area contributed by atoms with Crippen molar-refractivity contribution in [3.63, 3.8) is 0 Å². The van der Waals surface area contributed by atoms with Crippen molar-refractivity contribution in [3.05, 3.63) is 47.7 Å². The summed E-state index contributed by atoms with van der Waals surface area (Å²) < 4.78 is 13.2. The van der Waals surface area contributed by atoms with Crippen molar-refractivity contribution in [2.45, 2.75) is 13.8 Å². The van der Waals surface area contributed by atoms with Crippen LogP contribution in [0.5, 0.6) is 11.5 Å². The normalized spacial score (nSPS) is 13.3. The number of hydrogen-bond acceptors (Lipinski definition) is 4. The van der Waals surface area contributed by atoms with Crippen molar-refractivity contribution in [1.29, 1.82) is 0 Å². The van der Waals surface area contributed by atoms with Crippen LogP contribution in [-0.4, -0.2) is 33.0 Å². The van der Waals surface area contributed by atoms with Gasteiger partial charge in [0.15, 0.2) is 11.5 Å². The predicted molar refractivity (Wildman–Crippen MR) is 104 cm³/mol. The highest BCUT2D eigenvalue weighted by Crippen LogP contribution is 2.37. The molecular weight excluding hydrogens is 340 g/mol. The molecule has 0 bridgehead atoms. The van der Waals surface area contributed by atoms with Crippen LogP contribution in [-0.2, 0) is 7.05 Å². The molecule has 3 heterocycles. The number of aromatic amines is 1. The number of nitrogens with one attached hydrogen (secondary N) is 1. The van der Waals surface area contributed by atoms with E-state index < -0.39 is 0 Å². The lowest BCUT2D eigenvalue weighted by Crippen LogP contribution is -2.15. The number of H-pyrrole nitrogens is 1. The van der Waals surface area contributed by atoms with Crippen LogP contribution >= 0.6 is 0 Å². The van der Waals surface area contributed by atoms with Gasteiger partial charge in [-0.25, -0.2) is 4.98 Å². The number of ether oxygens (including phenoxy) is 2. The van der Waals surface area contributed by atoms with Gasteiger partial charge >= 0.3 is 0 Å². The fourth-order valence-corrected chi connectivity index (χ4v) is 3.46. The molecule has 0 atom stereocenters. The molecule has 0 unspecified atom stereocenters. The minimum atomic E-state index is 0.563. The maximum atomic E-state index is 5.73. The Morgan fingerprint density at radius 3 is 2.63 bits per heavy atom. The zero-order valence-corrected chi connectivity index (χ0v) is 15.5. The second-order valence-electron chi connectivity index (χ2n) is 6.96. The first kappa shape index (κ1) is 15.9. The number of nitrogens with zero attached hydrogens (tertiary/aromatic N) is 3. The first-order valence-corrected chi connectivity index (χ1v) is 8.99. The van der Waals surface area contributed by atoms with Gasteiger partial charge in [0.2, 0.25) is 0 Å². The van der Waals surface area contributed by atoms with E-state index in [1.807, 2.05) is 36.1 Å². The molecule has 0 spiro atoms. The van der Waals surface area contributed by atoms with Gasteiger partial charge in [0.25, 0.3) is 0 Å². The monoisotopic (exact) mass is 360 g/mol. The first-order valence-electron chi connectivity index (χ1n) is 8.99. The summed E-state index contributed by atoms with van der Waals surface area (Å²) in [7, 11) is 1.92. The minimum absolute atomic E-state index is 0.563. The number of aryl methyl sites for hydroxylation is 3. The highest BCUT2D eigenvalue weighted by atomic mass is 16.6. The van der Waals surface area contributed by atoms with E-state index in [0.29, 0.717) is 13.2 Å². The Bertz CT molecular complexity index is 1130. The Labute approximate surface area is 156 Å². The Morgan fingerprint density at radius 1 is 1.00 bits per heavy atom. The molecule has 2 aromatic heterocycles. The molecule has 4 aromatic rings. The zero-order valence-electron chi connectivity index (χ0n) is 15.5. The van der Waals surface area contributed by atoms with Gasteiger partial charge in [-0.1, -0.05) is 0 Å². The summed E-state index contributed by atoms with van der Waals surface area (Å²) >= 11 is 0. The Morgan fingerprint density at radius 2 is 1.78 bits per heavy atom. The topological polar surface area (TPSA) is 65.0 Å². The van der Waals surface area contributed by atoms with Crippen molar-refractivity contribution in [2.75, 3.05) is 13.2 Å². The molecule has 136 valence electrons. The fraction of sp³-hybridized carbons (Fsp3) is 0.238. The van der Waals surface area contributed by atoms with Gasteiger partial charge in [0.1, 0.15) is 24.7 Å². The summed E-state index contributed by atoms with van der Waals surface area (Å²) in [6.07, 6.45) is 1.99. The van der Waals surface area contributed by atoms with Crippen LogP contribution in [0.15, 0.2) is 36.5 Å². The second kappa shape index (κ2) is 5.87. The van der Waals surface area contributed by atoms with E-state index in [0.717, 1.165) is 45.2 Å². The number of imidazole rings is 1. The van der Waals surface area contributed by atoms with Gasteiger partial charge in [-0.3, -0.25) is 4.68 Å². The molecule has 1 N–H and O–H groups in total. The SMILES string of the molecule is Cc1cc2nc(-c3cn(C)nc3-c3ccc4c(c3)OCCO4)[nH]c2cc1C. The van der Waals surface area contributed by atoms with Crippen molar-refractivity contribution < 1.29 is 9.47 Å². The molecule has 27 heavy (non-hydrogen) atoms. The average molecular weight is 360 g/mol. The average Bonchev–Trinajstić information content (AvgIpc) is 3.25. The summed E-state index contributed by atoms with van der Waals surface area (Å²) in [5.74, 6) is 2.34. The summed E-state index contributed by atoms with van der Waals surface area (Å²) in [6.45, 7) is 5.36. The largest absolute Gasteiger partial charge is 0.486 e. The molecule has 0 saturated heterocycles. The predicted octanol–water partition coefficient (Wildman–Crippen LogP) is 4.02. The third kappa shape index (κ3) is 2.65. The van der Waals surface area contributed by atoms with E-state index in [1.165, 1.54) is 11.1 Å². The lowest BCUT2D eigenvalue weighted by molar-refractivity contribution is 0.171. The molecule has 6 nitrogen and oxygen atoms in total. The smallest absolute Gasteiger partial charge is 0.162 e. The van der Waals surface area contributed by atoms with Gasteiger partial charge < -0.3 is 14.5 Å². The lowest BCUT2D eigenvalue weighted by Gasteiger charge is -2.18. The van der Waals surface area contributed by atoms with Crippen LogP contribution in [0.4, 0.5) is 0 Å².